The summed E-state index contributed by atoms with van der Waals surface area (Å²) in [5.41, 5.74) is 1.00. The number of benzene rings is 1. The molecule has 0 atom stereocenters. The highest BCUT2D eigenvalue weighted by atomic mass is 19.1. The summed E-state index contributed by atoms with van der Waals surface area (Å²) >= 11 is 0. The first-order chi connectivity index (χ1) is 10.0. The number of rotatable bonds is 3. The summed E-state index contributed by atoms with van der Waals surface area (Å²) in [6.07, 6.45) is 0. The minimum Gasteiger partial charge on any atom is -0.373 e. The third-order valence-electron chi connectivity index (χ3n) is 2.85. The molecule has 106 valence electrons. The minimum absolute atomic E-state index is 0.142. The van der Waals surface area contributed by atoms with Gasteiger partial charge >= 0.3 is 0 Å². The lowest BCUT2D eigenvalue weighted by Gasteiger charge is -2.09. The molecule has 1 aromatic carbocycles. The molecule has 21 heavy (non-hydrogen) atoms. The summed E-state index contributed by atoms with van der Waals surface area (Å²) in [6, 6.07) is 9.01. The number of nitrogens with one attached hydrogen (secondary N) is 2. The van der Waals surface area contributed by atoms with Crippen LogP contribution in [0.2, 0.25) is 0 Å². The maximum absolute atomic E-state index is 13.5. The molecule has 2 aromatic rings. The molecule has 2 rings (SSSR count). The Bertz CT molecular complexity index is 737. The van der Waals surface area contributed by atoms with Gasteiger partial charge in [-0.05, 0) is 31.2 Å². The van der Waals surface area contributed by atoms with E-state index in [1.807, 2.05) is 0 Å². The third kappa shape index (κ3) is 3.15. The van der Waals surface area contributed by atoms with Crippen molar-refractivity contribution in [2.75, 3.05) is 17.7 Å². The van der Waals surface area contributed by atoms with Crippen molar-refractivity contribution >= 4 is 17.4 Å². The molecule has 2 N–H and O–H groups in total. The standard InChI is InChI=1S/C15H13FN4O/c1-9-6-10(7-14(18-2)19-9)15(21)20-13-5-3-4-12(16)11(13)8-17/h3-7H,1-2H3,(H,18,19)(H,20,21). The highest BCUT2D eigenvalue weighted by Crippen LogP contribution is 2.19. The molecular weight excluding hydrogens is 271 g/mol. The van der Waals surface area contributed by atoms with E-state index in [-0.39, 0.29) is 11.3 Å². The van der Waals surface area contributed by atoms with Crippen LogP contribution in [0.4, 0.5) is 15.9 Å². The fourth-order valence-corrected chi connectivity index (χ4v) is 1.86. The zero-order valence-electron chi connectivity index (χ0n) is 11.6. The summed E-state index contributed by atoms with van der Waals surface area (Å²) in [5, 5.41) is 14.3. The lowest BCUT2D eigenvalue weighted by Crippen LogP contribution is -2.14. The Morgan fingerprint density at radius 1 is 1.38 bits per heavy atom. The van der Waals surface area contributed by atoms with Crippen LogP contribution < -0.4 is 10.6 Å². The Kier molecular flexibility index (Phi) is 4.14. The summed E-state index contributed by atoms with van der Waals surface area (Å²) in [4.78, 5) is 16.4. The van der Waals surface area contributed by atoms with Gasteiger partial charge in [0.1, 0.15) is 23.3 Å². The van der Waals surface area contributed by atoms with Gasteiger partial charge in [0.2, 0.25) is 0 Å². The van der Waals surface area contributed by atoms with Gasteiger partial charge in [0, 0.05) is 18.3 Å². The van der Waals surface area contributed by atoms with E-state index >= 15 is 0 Å². The summed E-state index contributed by atoms with van der Waals surface area (Å²) in [7, 11) is 1.70. The average molecular weight is 284 g/mol. The van der Waals surface area contributed by atoms with E-state index in [0.717, 1.165) is 0 Å². The van der Waals surface area contributed by atoms with E-state index in [1.165, 1.54) is 18.2 Å². The number of pyridine rings is 1. The number of nitriles is 1. The maximum atomic E-state index is 13.5. The zero-order chi connectivity index (χ0) is 15.4. The van der Waals surface area contributed by atoms with Crippen molar-refractivity contribution in [1.82, 2.24) is 4.98 Å². The van der Waals surface area contributed by atoms with E-state index in [2.05, 4.69) is 15.6 Å². The second-order valence-corrected chi connectivity index (χ2v) is 4.36. The highest BCUT2D eigenvalue weighted by molar-refractivity contribution is 6.05. The fraction of sp³-hybridized carbons (Fsp3) is 0.133. The highest BCUT2D eigenvalue weighted by Gasteiger charge is 2.13. The van der Waals surface area contributed by atoms with Crippen LogP contribution in [0.5, 0.6) is 0 Å². The van der Waals surface area contributed by atoms with Crippen molar-refractivity contribution in [3.05, 3.63) is 53.0 Å². The van der Waals surface area contributed by atoms with Crippen molar-refractivity contribution < 1.29 is 9.18 Å². The minimum atomic E-state index is -0.669. The van der Waals surface area contributed by atoms with Crippen molar-refractivity contribution in [2.45, 2.75) is 6.92 Å². The van der Waals surface area contributed by atoms with Crippen LogP contribution in [0.25, 0.3) is 0 Å². The molecule has 0 aliphatic rings. The second kappa shape index (κ2) is 6.01. The maximum Gasteiger partial charge on any atom is 0.255 e. The smallest absolute Gasteiger partial charge is 0.255 e. The second-order valence-electron chi connectivity index (χ2n) is 4.36. The molecule has 0 unspecified atom stereocenters. The summed E-state index contributed by atoms with van der Waals surface area (Å²) in [5.74, 6) is -0.545. The predicted octanol–water partition coefficient (Wildman–Crippen LogP) is 2.69. The third-order valence-corrected chi connectivity index (χ3v) is 2.85. The van der Waals surface area contributed by atoms with Crippen molar-refractivity contribution in [3.8, 4) is 6.07 Å². The van der Waals surface area contributed by atoms with Gasteiger partial charge in [0.15, 0.2) is 0 Å². The Balaban J connectivity index is 2.33. The van der Waals surface area contributed by atoms with E-state index < -0.39 is 11.7 Å². The average Bonchev–Trinajstić information content (AvgIpc) is 2.46. The molecular formula is C15H13FN4O. The fourth-order valence-electron chi connectivity index (χ4n) is 1.86. The number of hydrogen-bond acceptors (Lipinski definition) is 4. The van der Waals surface area contributed by atoms with Crippen molar-refractivity contribution in [1.29, 1.82) is 5.26 Å². The monoisotopic (exact) mass is 284 g/mol. The van der Waals surface area contributed by atoms with Crippen molar-refractivity contribution in [3.63, 3.8) is 0 Å². The number of carbonyl (C=O) groups excluding carboxylic acids is 1. The predicted molar refractivity (Wildman–Crippen MR) is 77.6 cm³/mol. The topological polar surface area (TPSA) is 77.8 Å². The molecule has 1 aromatic heterocycles. The Labute approximate surface area is 121 Å². The molecule has 0 aliphatic heterocycles. The number of nitrogens with zero attached hydrogens (tertiary/aromatic N) is 2. The van der Waals surface area contributed by atoms with Crippen LogP contribution in [0.1, 0.15) is 21.6 Å². The number of halogens is 1. The van der Waals surface area contributed by atoms with Gasteiger partial charge in [-0.1, -0.05) is 6.07 Å². The number of aromatic nitrogens is 1. The molecule has 0 bridgehead atoms. The number of hydrogen-bond donors (Lipinski definition) is 2. The van der Waals surface area contributed by atoms with Gasteiger partial charge in [0.05, 0.1) is 5.69 Å². The van der Waals surface area contributed by atoms with Gasteiger partial charge in [-0.15, -0.1) is 0 Å². The number of anilines is 2. The van der Waals surface area contributed by atoms with Crippen LogP contribution in [0.15, 0.2) is 30.3 Å². The Morgan fingerprint density at radius 2 is 2.14 bits per heavy atom. The lowest BCUT2D eigenvalue weighted by atomic mass is 10.1. The largest absolute Gasteiger partial charge is 0.373 e. The van der Waals surface area contributed by atoms with E-state index in [9.17, 15) is 9.18 Å². The van der Waals surface area contributed by atoms with Crippen LogP contribution >= 0.6 is 0 Å². The van der Waals surface area contributed by atoms with Crippen molar-refractivity contribution in [2.24, 2.45) is 0 Å². The van der Waals surface area contributed by atoms with Crippen LogP contribution in [0.3, 0.4) is 0 Å². The number of carbonyl (C=O) groups is 1. The van der Waals surface area contributed by atoms with E-state index in [0.29, 0.717) is 17.1 Å². The summed E-state index contributed by atoms with van der Waals surface area (Å²) in [6.45, 7) is 1.76. The quantitative estimate of drug-likeness (QED) is 0.908. The van der Waals surface area contributed by atoms with Crippen LogP contribution in [0, 0.1) is 24.1 Å². The SMILES string of the molecule is CNc1cc(C(=O)Nc2cccc(F)c2C#N)cc(C)n1. The Morgan fingerprint density at radius 3 is 2.81 bits per heavy atom. The normalized spacial score (nSPS) is 9.81. The summed E-state index contributed by atoms with van der Waals surface area (Å²) < 4.78 is 13.5. The molecule has 1 heterocycles. The molecule has 5 nitrogen and oxygen atoms in total. The zero-order valence-corrected chi connectivity index (χ0v) is 11.6. The Hall–Kier alpha value is -2.94. The molecule has 6 heteroatoms. The molecule has 1 amide bonds. The van der Waals surface area contributed by atoms with Gasteiger partial charge < -0.3 is 10.6 Å². The van der Waals surface area contributed by atoms with Gasteiger partial charge in [-0.3, -0.25) is 4.79 Å². The van der Waals surface area contributed by atoms with Gasteiger partial charge in [-0.2, -0.15) is 5.26 Å². The van der Waals surface area contributed by atoms with Crippen LogP contribution in [-0.4, -0.2) is 17.9 Å². The van der Waals surface area contributed by atoms with E-state index in [1.54, 1.807) is 32.2 Å². The lowest BCUT2D eigenvalue weighted by molar-refractivity contribution is 0.102. The van der Waals surface area contributed by atoms with E-state index in [4.69, 9.17) is 5.26 Å². The van der Waals surface area contributed by atoms with Crippen LogP contribution in [-0.2, 0) is 0 Å². The molecule has 0 fully saturated rings. The number of amides is 1. The number of aryl methyl sites for hydroxylation is 1. The van der Waals surface area contributed by atoms with Gasteiger partial charge in [0.25, 0.3) is 5.91 Å². The van der Waals surface area contributed by atoms with Gasteiger partial charge in [-0.25, -0.2) is 9.37 Å². The first kappa shape index (κ1) is 14.5. The molecule has 0 saturated carbocycles. The molecule has 0 radical (unpaired) electrons. The molecule has 0 spiro atoms. The first-order valence-electron chi connectivity index (χ1n) is 6.21. The first-order valence-corrected chi connectivity index (χ1v) is 6.21. The molecule has 0 saturated heterocycles. The molecule has 0 aliphatic carbocycles.